The molecule has 0 aromatic heterocycles. The molecule has 35 heavy (non-hydrogen) atoms. The number of imide groups is 1. The molecule has 3 aromatic carbocycles. The van der Waals surface area contributed by atoms with Gasteiger partial charge in [-0.2, -0.15) is 0 Å². The predicted octanol–water partition coefficient (Wildman–Crippen LogP) is 4.36. The Morgan fingerprint density at radius 1 is 0.886 bits per heavy atom. The summed E-state index contributed by atoms with van der Waals surface area (Å²) in [6.45, 7) is 3.93. The minimum absolute atomic E-state index is 0.0802. The van der Waals surface area contributed by atoms with Gasteiger partial charge in [-0.15, -0.1) is 0 Å². The standard InChI is InChI=1S/C27H24N2O6/c1-4-15-7-6-8-16(5-2)23(15)29-25(32)19-11-9-17(13-20(19)26(29)33)24(31)28-21-12-10-18(14-22(21)30)27(34)35-3/h6-14,30H,4-5H2,1-3H3,(H,28,31). The number of methoxy groups -OCH3 is 1. The lowest BCUT2D eigenvalue weighted by Gasteiger charge is -2.21. The molecule has 0 aliphatic carbocycles. The Bertz CT molecular complexity index is 1360. The number of carbonyl (C=O) groups is 4. The normalized spacial score (nSPS) is 12.5. The SMILES string of the molecule is CCc1cccc(CC)c1N1C(=O)c2ccc(C(=O)Nc3ccc(C(=O)OC)cc3O)cc2C1=O. The molecule has 0 bridgehead atoms. The number of phenolic OH excluding ortho intramolecular Hbond substituents is 1. The number of rotatable bonds is 6. The second kappa shape index (κ2) is 9.42. The maximum absolute atomic E-state index is 13.4. The highest BCUT2D eigenvalue weighted by atomic mass is 16.5. The fourth-order valence-corrected chi connectivity index (χ4v) is 4.16. The quantitative estimate of drug-likeness (QED) is 0.313. The van der Waals surface area contributed by atoms with Crippen molar-refractivity contribution in [3.05, 3.63) is 88.0 Å². The number of phenols is 1. The van der Waals surface area contributed by atoms with Crippen LogP contribution < -0.4 is 10.2 Å². The van der Waals surface area contributed by atoms with Crippen LogP contribution in [0.5, 0.6) is 5.75 Å². The first-order valence-electron chi connectivity index (χ1n) is 11.2. The lowest BCUT2D eigenvalue weighted by molar-refractivity contribution is 0.0600. The Hall–Kier alpha value is -4.46. The van der Waals surface area contributed by atoms with E-state index in [-0.39, 0.29) is 33.7 Å². The molecule has 8 heteroatoms. The topological polar surface area (TPSA) is 113 Å². The fraction of sp³-hybridized carbons (Fsp3) is 0.185. The number of fused-ring (bicyclic) bond motifs is 1. The van der Waals surface area contributed by atoms with E-state index in [2.05, 4.69) is 10.1 Å². The molecule has 0 fully saturated rings. The molecule has 3 aromatic rings. The molecule has 0 radical (unpaired) electrons. The van der Waals surface area contributed by atoms with Crippen molar-refractivity contribution in [2.45, 2.75) is 26.7 Å². The molecule has 8 nitrogen and oxygen atoms in total. The van der Waals surface area contributed by atoms with E-state index in [0.717, 1.165) is 11.1 Å². The van der Waals surface area contributed by atoms with E-state index in [4.69, 9.17) is 0 Å². The van der Waals surface area contributed by atoms with Crippen molar-refractivity contribution in [2.75, 3.05) is 17.3 Å². The minimum Gasteiger partial charge on any atom is -0.506 e. The number of carbonyl (C=O) groups excluding carboxylic acids is 4. The van der Waals surface area contributed by atoms with Gasteiger partial charge < -0.3 is 15.2 Å². The molecule has 0 spiro atoms. The van der Waals surface area contributed by atoms with E-state index in [1.807, 2.05) is 32.0 Å². The molecule has 0 saturated carbocycles. The molecular weight excluding hydrogens is 448 g/mol. The Labute approximate surface area is 202 Å². The molecule has 1 heterocycles. The molecular formula is C27H24N2O6. The van der Waals surface area contributed by atoms with Crippen LogP contribution in [0.2, 0.25) is 0 Å². The van der Waals surface area contributed by atoms with Gasteiger partial charge in [-0.1, -0.05) is 32.0 Å². The Morgan fingerprint density at radius 3 is 2.11 bits per heavy atom. The average molecular weight is 472 g/mol. The summed E-state index contributed by atoms with van der Waals surface area (Å²) in [7, 11) is 1.22. The van der Waals surface area contributed by atoms with E-state index in [1.165, 1.54) is 48.4 Å². The summed E-state index contributed by atoms with van der Waals surface area (Å²) in [5.74, 6) is -2.44. The zero-order chi connectivity index (χ0) is 25.3. The van der Waals surface area contributed by atoms with E-state index < -0.39 is 23.7 Å². The number of ether oxygens (including phenoxy) is 1. The molecule has 1 aliphatic heterocycles. The average Bonchev–Trinajstić information content (AvgIpc) is 3.12. The maximum Gasteiger partial charge on any atom is 0.337 e. The lowest BCUT2D eigenvalue weighted by Crippen LogP contribution is -2.31. The third-order valence-corrected chi connectivity index (χ3v) is 6.00. The second-order valence-corrected chi connectivity index (χ2v) is 8.02. The van der Waals surface area contributed by atoms with Crippen LogP contribution >= 0.6 is 0 Å². The minimum atomic E-state index is -0.625. The fourth-order valence-electron chi connectivity index (χ4n) is 4.16. The third kappa shape index (κ3) is 4.14. The van der Waals surface area contributed by atoms with Crippen molar-refractivity contribution in [2.24, 2.45) is 0 Å². The number of esters is 1. The predicted molar refractivity (Wildman–Crippen MR) is 130 cm³/mol. The van der Waals surface area contributed by atoms with Gasteiger partial charge in [0.1, 0.15) is 5.75 Å². The van der Waals surface area contributed by atoms with Crippen LogP contribution in [0.4, 0.5) is 11.4 Å². The van der Waals surface area contributed by atoms with Crippen LogP contribution in [0, 0.1) is 0 Å². The summed E-state index contributed by atoms with van der Waals surface area (Å²) in [5.41, 5.74) is 3.10. The zero-order valence-corrected chi connectivity index (χ0v) is 19.5. The second-order valence-electron chi connectivity index (χ2n) is 8.02. The molecule has 0 unspecified atom stereocenters. The Balaban J connectivity index is 1.64. The number of hydrogen-bond donors (Lipinski definition) is 2. The monoisotopic (exact) mass is 472 g/mol. The van der Waals surface area contributed by atoms with Crippen LogP contribution in [0.25, 0.3) is 0 Å². The number of aromatic hydroxyl groups is 1. The van der Waals surface area contributed by atoms with E-state index in [9.17, 15) is 24.3 Å². The highest BCUT2D eigenvalue weighted by Crippen LogP contribution is 2.35. The number of amides is 3. The van der Waals surface area contributed by atoms with Gasteiger partial charge in [0.15, 0.2) is 0 Å². The smallest absolute Gasteiger partial charge is 0.337 e. The number of para-hydroxylation sites is 1. The number of nitrogens with one attached hydrogen (secondary N) is 1. The highest BCUT2D eigenvalue weighted by molar-refractivity contribution is 6.35. The summed E-state index contributed by atoms with van der Waals surface area (Å²) < 4.78 is 4.61. The maximum atomic E-state index is 13.4. The van der Waals surface area contributed by atoms with E-state index >= 15 is 0 Å². The van der Waals surface area contributed by atoms with Crippen molar-refractivity contribution in [1.29, 1.82) is 0 Å². The lowest BCUT2D eigenvalue weighted by atomic mass is 10.0. The van der Waals surface area contributed by atoms with Gasteiger partial charge in [0.05, 0.1) is 35.2 Å². The molecule has 0 atom stereocenters. The highest BCUT2D eigenvalue weighted by Gasteiger charge is 2.39. The third-order valence-electron chi connectivity index (χ3n) is 6.00. The van der Waals surface area contributed by atoms with Crippen molar-refractivity contribution < 1.29 is 29.0 Å². The van der Waals surface area contributed by atoms with Crippen LogP contribution in [0.15, 0.2) is 54.6 Å². The van der Waals surface area contributed by atoms with Crippen LogP contribution in [-0.4, -0.2) is 35.9 Å². The van der Waals surface area contributed by atoms with Crippen LogP contribution in [0.1, 0.15) is 66.4 Å². The Kier molecular flexibility index (Phi) is 6.38. The molecule has 4 rings (SSSR count). The van der Waals surface area contributed by atoms with Crippen molar-refractivity contribution in [3.8, 4) is 5.75 Å². The number of aryl methyl sites for hydroxylation is 2. The molecule has 3 amide bonds. The number of nitrogens with zero attached hydrogens (tertiary/aromatic N) is 1. The van der Waals surface area contributed by atoms with Crippen LogP contribution in [0.3, 0.4) is 0 Å². The largest absolute Gasteiger partial charge is 0.506 e. The van der Waals surface area contributed by atoms with Crippen molar-refractivity contribution in [1.82, 2.24) is 0 Å². The summed E-state index contributed by atoms with van der Waals surface area (Å²) in [5, 5.41) is 12.8. The molecule has 178 valence electrons. The van der Waals surface area contributed by atoms with E-state index in [1.54, 1.807) is 0 Å². The number of anilines is 2. The first kappa shape index (κ1) is 23.7. The summed E-state index contributed by atoms with van der Waals surface area (Å²) >= 11 is 0. The van der Waals surface area contributed by atoms with Crippen LogP contribution in [-0.2, 0) is 17.6 Å². The van der Waals surface area contributed by atoms with Gasteiger partial charge in [-0.25, -0.2) is 9.69 Å². The van der Waals surface area contributed by atoms with Gasteiger partial charge >= 0.3 is 5.97 Å². The molecule has 2 N–H and O–H groups in total. The zero-order valence-electron chi connectivity index (χ0n) is 19.5. The molecule has 0 saturated heterocycles. The Morgan fingerprint density at radius 2 is 1.51 bits per heavy atom. The van der Waals surface area contributed by atoms with Crippen molar-refractivity contribution >= 4 is 35.1 Å². The number of hydrogen-bond acceptors (Lipinski definition) is 6. The summed E-state index contributed by atoms with van der Waals surface area (Å²) in [6, 6.07) is 14.0. The van der Waals surface area contributed by atoms with Gasteiger partial charge in [0.25, 0.3) is 17.7 Å². The van der Waals surface area contributed by atoms with Gasteiger partial charge in [0.2, 0.25) is 0 Å². The van der Waals surface area contributed by atoms with Crippen molar-refractivity contribution in [3.63, 3.8) is 0 Å². The van der Waals surface area contributed by atoms with Gasteiger partial charge in [-0.05, 0) is 60.4 Å². The first-order chi connectivity index (χ1) is 16.8. The summed E-state index contributed by atoms with van der Waals surface area (Å²) in [6.07, 6.45) is 1.31. The molecule has 1 aliphatic rings. The first-order valence-corrected chi connectivity index (χ1v) is 11.2. The summed E-state index contributed by atoms with van der Waals surface area (Å²) in [4.78, 5) is 52.2. The van der Waals surface area contributed by atoms with Gasteiger partial charge in [0, 0.05) is 5.56 Å². The van der Waals surface area contributed by atoms with E-state index in [0.29, 0.717) is 18.5 Å². The number of benzene rings is 3. The van der Waals surface area contributed by atoms with Gasteiger partial charge in [-0.3, -0.25) is 14.4 Å².